The average molecular weight is 419 g/mol. The molecule has 3 heterocycles. The van der Waals surface area contributed by atoms with Gasteiger partial charge in [0.1, 0.15) is 11.5 Å². The van der Waals surface area contributed by atoms with Crippen LogP contribution in [0.4, 0.5) is 10.1 Å². The Morgan fingerprint density at radius 2 is 2.17 bits per heavy atom. The van der Waals surface area contributed by atoms with E-state index in [-0.39, 0.29) is 23.8 Å². The van der Waals surface area contributed by atoms with Gasteiger partial charge in [-0.25, -0.2) is 13.8 Å². The van der Waals surface area contributed by atoms with Crippen LogP contribution >= 0.6 is 11.6 Å². The molecule has 4 rings (SSSR count). The van der Waals surface area contributed by atoms with Crippen LogP contribution in [0.5, 0.6) is 0 Å². The predicted octanol–water partition coefficient (Wildman–Crippen LogP) is 2.10. The van der Waals surface area contributed by atoms with E-state index >= 15 is 0 Å². The lowest BCUT2D eigenvalue weighted by atomic mass is 10.1. The van der Waals surface area contributed by atoms with Crippen LogP contribution in [0.15, 0.2) is 35.3 Å². The standard InChI is InChI=1S/C19H20ClFN6O2/c1-12-10-26(5-6-29-12)14-8-18(28)27(22-9-14)11-17-19(23-24-25(17)2)15-4-3-13(20)7-16(15)21/h3-4,7-9,12H,5-6,10-11H2,1-2H3/t12-/m1/s1. The van der Waals surface area contributed by atoms with Gasteiger partial charge in [-0.15, -0.1) is 5.10 Å². The molecule has 1 atom stereocenters. The maximum Gasteiger partial charge on any atom is 0.269 e. The largest absolute Gasteiger partial charge is 0.375 e. The van der Waals surface area contributed by atoms with E-state index in [2.05, 4.69) is 20.3 Å². The minimum absolute atomic E-state index is 0.100. The lowest BCUT2D eigenvalue weighted by molar-refractivity contribution is 0.0532. The van der Waals surface area contributed by atoms with Crippen molar-refractivity contribution in [2.24, 2.45) is 7.05 Å². The Balaban J connectivity index is 1.63. The maximum absolute atomic E-state index is 14.4. The molecule has 1 aliphatic rings. The molecular weight excluding hydrogens is 399 g/mol. The second-order valence-electron chi connectivity index (χ2n) is 6.97. The fourth-order valence-corrected chi connectivity index (χ4v) is 3.51. The molecule has 1 aliphatic heterocycles. The number of hydrogen-bond acceptors (Lipinski definition) is 6. The summed E-state index contributed by atoms with van der Waals surface area (Å²) < 4.78 is 22.7. The zero-order valence-corrected chi connectivity index (χ0v) is 16.8. The zero-order valence-electron chi connectivity index (χ0n) is 16.0. The highest BCUT2D eigenvalue weighted by atomic mass is 35.5. The summed E-state index contributed by atoms with van der Waals surface area (Å²) in [6.45, 7) is 4.13. The fraction of sp³-hybridized carbons (Fsp3) is 0.368. The molecular formula is C19H20ClFN6O2. The Bertz CT molecular complexity index is 1100. The number of morpholine rings is 1. The SMILES string of the molecule is C[C@@H]1CN(c2cnn(Cc3c(-c4ccc(Cl)cc4F)nnn3C)c(=O)c2)CCO1. The van der Waals surface area contributed by atoms with Crippen molar-refractivity contribution in [1.82, 2.24) is 24.8 Å². The first-order chi connectivity index (χ1) is 13.9. The molecule has 8 nitrogen and oxygen atoms in total. The van der Waals surface area contributed by atoms with Gasteiger partial charge >= 0.3 is 0 Å². The van der Waals surface area contributed by atoms with Crippen molar-refractivity contribution in [3.63, 3.8) is 0 Å². The van der Waals surface area contributed by atoms with Gasteiger partial charge in [-0.2, -0.15) is 5.10 Å². The highest BCUT2D eigenvalue weighted by Gasteiger charge is 2.20. The van der Waals surface area contributed by atoms with E-state index < -0.39 is 5.82 Å². The first kappa shape index (κ1) is 19.5. The van der Waals surface area contributed by atoms with Crippen LogP contribution in [0.3, 0.4) is 0 Å². The molecule has 29 heavy (non-hydrogen) atoms. The third kappa shape index (κ3) is 4.01. The van der Waals surface area contributed by atoms with Crippen LogP contribution in [-0.2, 0) is 18.3 Å². The fourth-order valence-electron chi connectivity index (χ4n) is 3.36. The van der Waals surface area contributed by atoms with Crippen LogP contribution in [0.2, 0.25) is 5.02 Å². The number of aromatic nitrogens is 5. The van der Waals surface area contributed by atoms with E-state index in [0.29, 0.717) is 36.1 Å². The molecule has 152 valence electrons. The normalized spacial score (nSPS) is 17.0. The van der Waals surface area contributed by atoms with Gasteiger partial charge in [-0.05, 0) is 25.1 Å². The number of benzene rings is 1. The van der Waals surface area contributed by atoms with Crippen LogP contribution in [-0.4, -0.2) is 50.6 Å². The number of ether oxygens (including phenoxy) is 1. The maximum atomic E-state index is 14.4. The highest BCUT2D eigenvalue weighted by molar-refractivity contribution is 6.30. The van der Waals surface area contributed by atoms with E-state index in [1.165, 1.54) is 15.4 Å². The van der Waals surface area contributed by atoms with Gasteiger partial charge in [0, 0.05) is 36.8 Å². The number of anilines is 1. The van der Waals surface area contributed by atoms with Gasteiger partial charge < -0.3 is 9.64 Å². The molecule has 0 aliphatic carbocycles. The summed E-state index contributed by atoms with van der Waals surface area (Å²) in [5, 5.41) is 12.6. The minimum atomic E-state index is -0.503. The minimum Gasteiger partial charge on any atom is -0.375 e. The summed E-state index contributed by atoms with van der Waals surface area (Å²) in [5.41, 5.74) is 1.68. The summed E-state index contributed by atoms with van der Waals surface area (Å²) >= 11 is 5.84. The molecule has 10 heteroatoms. The molecule has 0 spiro atoms. The zero-order chi connectivity index (χ0) is 20.5. The van der Waals surface area contributed by atoms with Crippen molar-refractivity contribution in [1.29, 1.82) is 0 Å². The highest BCUT2D eigenvalue weighted by Crippen LogP contribution is 2.26. The van der Waals surface area contributed by atoms with Gasteiger partial charge in [0.2, 0.25) is 0 Å². The Hall–Kier alpha value is -2.78. The van der Waals surface area contributed by atoms with Gasteiger partial charge in [-0.3, -0.25) is 4.79 Å². The predicted molar refractivity (Wildman–Crippen MR) is 107 cm³/mol. The molecule has 0 radical (unpaired) electrons. The lowest BCUT2D eigenvalue weighted by Gasteiger charge is -2.32. The molecule has 3 aromatic rings. The summed E-state index contributed by atoms with van der Waals surface area (Å²) in [5.74, 6) is -0.503. The van der Waals surface area contributed by atoms with Crippen molar-refractivity contribution < 1.29 is 9.13 Å². The molecule has 2 aromatic heterocycles. The van der Waals surface area contributed by atoms with Gasteiger partial charge in [0.05, 0.1) is 36.8 Å². The van der Waals surface area contributed by atoms with E-state index in [0.717, 1.165) is 5.69 Å². The lowest BCUT2D eigenvalue weighted by Crippen LogP contribution is -2.42. The van der Waals surface area contributed by atoms with Crippen LogP contribution in [0, 0.1) is 5.82 Å². The van der Waals surface area contributed by atoms with Gasteiger partial charge in [-0.1, -0.05) is 16.8 Å². The Labute approximate surface area is 171 Å². The Morgan fingerprint density at radius 1 is 1.34 bits per heavy atom. The topological polar surface area (TPSA) is 78.1 Å². The smallest absolute Gasteiger partial charge is 0.269 e. The van der Waals surface area contributed by atoms with E-state index in [1.807, 2.05) is 6.92 Å². The third-order valence-electron chi connectivity index (χ3n) is 4.89. The molecule has 0 amide bonds. The van der Waals surface area contributed by atoms with Crippen molar-refractivity contribution in [2.45, 2.75) is 19.6 Å². The Morgan fingerprint density at radius 3 is 2.90 bits per heavy atom. The van der Waals surface area contributed by atoms with Crippen LogP contribution < -0.4 is 10.5 Å². The number of rotatable bonds is 4. The van der Waals surface area contributed by atoms with Crippen LogP contribution in [0.25, 0.3) is 11.3 Å². The molecule has 1 aromatic carbocycles. The molecule has 0 saturated carbocycles. The summed E-state index contributed by atoms with van der Waals surface area (Å²) in [7, 11) is 1.69. The number of halogens is 2. The van der Waals surface area contributed by atoms with Gasteiger partial charge in [0.25, 0.3) is 5.56 Å². The van der Waals surface area contributed by atoms with Crippen molar-refractivity contribution in [3.05, 3.63) is 57.3 Å². The summed E-state index contributed by atoms with van der Waals surface area (Å²) in [4.78, 5) is 14.7. The van der Waals surface area contributed by atoms with Crippen molar-refractivity contribution in [2.75, 3.05) is 24.6 Å². The first-order valence-electron chi connectivity index (χ1n) is 9.20. The average Bonchev–Trinajstić information content (AvgIpc) is 3.04. The molecule has 1 saturated heterocycles. The number of aryl methyl sites for hydroxylation is 1. The monoisotopic (exact) mass is 418 g/mol. The quantitative estimate of drug-likeness (QED) is 0.645. The second kappa shape index (κ2) is 7.92. The first-order valence-corrected chi connectivity index (χ1v) is 9.58. The van der Waals surface area contributed by atoms with Gasteiger partial charge in [0.15, 0.2) is 0 Å². The van der Waals surface area contributed by atoms with E-state index in [9.17, 15) is 9.18 Å². The number of hydrogen-bond donors (Lipinski definition) is 0. The van der Waals surface area contributed by atoms with Crippen LogP contribution in [0.1, 0.15) is 12.6 Å². The van der Waals surface area contributed by atoms with E-state index in [1.54, 1.807) is 31.4 Å². The second-order valence-corrected chi connectivity index (χ2v) is 7.41. The van der Waals surface area contributed by atoms with Crippen molar-refractivity contribution in [3.8, 4) is 11.3 Å². The summed E-state index contributed by atoms with van der Waals surface area (Å²) in [6, 6.07) is 5.90. The molecule has 0 N–H and O–H groups in total. The molecule has 0 bridgehead atoms. The molecule has 0 unspecified atom stereocenters. The molecule has 1 fully saturated rings. The third-order valence-corrected chi connectivity index (χ3v) is 5.13. The summed E-state index contributed by atoms with van der Waals surface area (Å²) in [6.07, 6.45) is 1.76. The Kier molecular flexibility index (Phi) is 5.33. The number of nitrogens with zero attached hydrogens (tertiary/aromatic N) is 6. The van der Waals surface area contributed by atoms with Crippen molar-refractivity contribution >= 4 is 17.3 Å². The van der Waals surface area contributed by atoms with E-state index in [4.69, 9.17) is 16.3 Å².